The molecule has 2 aliphatic carbocycles. The summed E-state index contributed by atoms with van der Waals surface area (Å²) in [4.78, 5) is 14.7. The summed E-state index contributed by atoms with van der Waals surface area (Å²) in [5.41, 5.74) is 5.95. The molecule has 4 nitrogen and oxygen atoms in total. The van der Waals surface area contributed by atoms with Crippen molar-refractivity contribution in [3.05, 3.63) is 0 Å². The Balaban J connectivity index is 1.48. The highest BCUT2D eigenvalue weighted by Crippen LogP contribution is 2.31. The second-order valence-corrected chi connectivity index (χ2v) is 7.17. The van der Waals surface area contributed by atoms with Crippen molar-refractivity contribution in [3.8, 4) is 0 Å². The van der Waals surface area contributed by atoms with Crippen molar-refractivity contribution < 1.29 is 9.53 Å². The van der Waals surface area contributed by atoms with Crippen LogP contribution in [0.5, 0.6) is 0 Å². The Kier molecular flexibility index (Phi) is 5.17. The second-order valence-electron chi connectivity index (χ2n) is 7.17. The monoisotopic (exact) mass is 294 g/mol. The number of hydrogen-bond acceptors (Lipinski definition) is 3. The van der Waals surface area contributed by atoms with E-state index < -0.39 is 0 Å². The molecule has 0 spiro atoms. The van der Waals surface area contributed by atoms with Crippen molar-refractivity contribution in [2.24, 2.45) is 11.7 Å². The maximum Gasteiger partial charge on any atom is 0.222 e. The molecule has 3 fully saturated rings. The lowest BCUT2D eigenvalue weighted by molar-refractivity contribution is -0.149. The number of carbonyl (C=O) groups excluding carboxylic acids is 1. The van der Waals surface area contributed by atoms with E-state index in [-0.39, 0.29) is 0 Å². The molecule has 0 radical (unpaired) electrons. The van der Waals surface area contributed by atoms with E-state index in [1.807, 2.05) is 0 Å². The number of nitrogens with zero attached hydrogens (tertiary/aromatic N) is 1. The summed E-state index contributed by atoms with van der Waals surface area (Å²) in [6, 6.07) is 0.763. The van der Waals surface area contributed by atoms with Crippen LogP contribution >= 0.6 is 0 Å². The highest BCUT2D eigenvalue weighted by molar-refractivity contribution is 5.76. The average molecular weight is 294 g/mol. The predicted molar refractivity (Wildman–Crippen MR) is 82.9 cm³/mol. The molecular formula is C17H30N2O2. The zero-order valence-corrected chi connectivity index (χ0v) is 13.1. The van der Waals surface area contributed by atoms with Crippen LogP contribution in [0.15, 0.2) is 0 Å². The van der Waals surface area contributed by atoms with E-state index in [1.54, 1.807) is 0 Å². The van der Waals surface area contributed by atoms with E-state index in [4.69, 9.17) is 10.5 Å². The Morgan fingerprint density at radius 3 is 2.67 bits per heavy atom. The van der Waals surface area contributed by atoms with E-state index in [0.717, 1.165) is 57.6 Å². The molecule has 3 rings (SSSR count). The summed E-state index contributed by atoms with van der Waals surface area (Å²) in [7, 11) is 0. The van der Waals surface area contributed by atoms with Gasteiger partial charge in [0.25, 0.3) is 0 Å². The fourth-order valence-electron chi connectivity index (χ4n) is 4.35. The number of ether oxygens (including phenoxy) is 1. The van der Waals surface area contributed by atoms with Crippen molar-refractivity contribution in [2.75, 3.05) is 13.2 Å². The molecule has 3 aliphatic rings. The molecule has 0 aromatic rings. The van der Waals surface area contributed by atoms with Gasteiger partial charge in [0, 0.05) is 19.0 Å². The van der Waals surface area contributed by atoms with Crippen LogP contribution in [-0.4, -0.2) is 42.1 Å². The van der Waals surface area contributed by atoms with Crippen LogP contribution in [0.1, 0.15) is 64.2 Å². The van der Waals surface area contributed by atoms with Gasteiger partial charge in [0.1, 0.15) is 0 Å². The molecule has 2 unspecified atom stereocenters. The summed E-state index contributed by atoms with van der Waals surface area (Å²) in [6.45, 7) is 1.53. The highest BCUT2D eigenvalue weighted by atomic mass is 16.5. The van der Waals surface area contributed by atoms with Gasteiger partial charge in [0.15, 0.2) is 0 Å². The predicted octanol–water partition coefficient (Wildman–Crippen LogP) is 2.45. The minimum Gasteiger partial charge on any atom is -0.374 e. The van der Waals surface area contributed by atoms with Gasteiger partial charge in [-0.05, 0) is 50.9 Å². The van der Waals surface area contributed by atoms with E-state index in [9.17, 15) is 4.79 Å². The van der Waals surface area contributed by atoms with Crippen LogP contribution in [0.3, 0.4) is 0 Å². The zero-order valence-electron chi connectivity index (χ0n) is 13.1. The first-order valence-electron chi connectivity index (χ1n) is 8.90. The maximum absolute atomic E-state index is 12.6. The smallest absolute Gasteiger partial charge is 0.222 e. The molecule has 1 heterocycles. The number of amides is 1. The first-order chi connectivity index (χ1) is 10.2. The van der Waals surface area contributed by atoms with Gasteiger partial charge < -0.3 is 15.4 Å². The summed E-state index contributed by atoms with van der Waals surface area (Å²) in [5, 5.41) is 0. The number of nitrogens with two attached hydrogens (primary N) is 1. The number of hydrogen-bond donors (Lipinski definition) is 1. The van der Waals surface area contributed by atoms with E-state index in [2.05, 4.69) is 4.90 Å². The number of rotatable bonds is 3. The Morgan fingerprint density at radius 1 is 1.10 bits per heavy atom. The zero-order chi connectivity index (χ0) is 14.7. The topological polar surface area (TPSA) is 55.6 Å². The molecule has 120 valence electrons. The largest absolute Gasteiger partial charge is 0.374 e. The van der Waals surface area contributed by atoms with Crippen LogP contribution in [0, 0.1) is 5.92 Å². The molecular weight excluding hydrogens is 264 g/mol. The molecule has 2 N–H and O–H groups in total. The third-order valence-electron chi connectivity index (χ3n) is 5.71. The minimum atomic E-state index is 0.309. The van der Waals surface area contributed by atoms with Gasteiger partial charge in [-0.15, -0.1) is 0 Å². The Bertz CT molecular complexity index is 351. The third-order valence-corrected chi connectivity index (χ3v) is 5.71. The molecule has 0 aromatic heterocycles. The Hall–Kier alpha value is -0.610. The first kappa shape index (κ1) is 15.3. The van der Waals surface area contributed by atoms with Crippen molar-refractivity contribution in [3.63, 3.8) is 0 Å². The summed E-state index contributed by atoms with van der Waals surface area (Å²) in [5.74, 6) is 1.09. The van der Waals surface area contributed by atoms with E-state index in [0.29, 0.717) is 24.1 Å². The van der Waals surface area contributed by atoms with Crippen LogP contribution in [0.4, 0.5) is 0 Å². The normalized spacial score (nSPS) is 37.1. The van der Waals surface area contributed by atoms with Crippen LogP contribution in [0.2, 0.25) is 0 Å². The first-order valence-corrected chi connectivity index (χ1v) is 8.90. The SMILES string of the molecule is NC1CCC(CCC(=O)N2CCOC3CCCCC32)CC1. The number of morpholine rings is 1. The maximum atomic E-state index is 12.6. The van der Waals surface area contributed by atoms with Gasteiger partial charge in [-0.25, -0.2) is 0 Å². The molecule has 1 amide bonds. The number of carbonyl (C=O) groups is 1. The van der Waals surface area contributed by atoms with Gasteiger partial charge in [-0.1, -0.05) is 12.8 Å². The number of fused-ring (bicyclic) bond motifs is 1. The standard InChI is InChI=1S/C17H30N2O2/c18-14-8-5-13(6-9-14)7-10-17(20)19-11-12-21-16-4-2-1-3-15(16)19/h13-16H,1-12,18H2. The van der Waals surface area contributed by atoms with Gasteiger partial charge in [-0.3, -0.25) is 4.79 Å². The molecule has 2 atom stereocenters. The molecule has 21 heavy (non-hydrogen) atoms. The second kappa shape index (κ2) is 7.10. The fourth-order valence-corrected chi connectivity index (χ4v) is 4.35. The summed E-state index contributed by atoms with van der Waals surface area (Å²) >= 11 is 0. The van der Waals surface area contributed by atoms with Crippen molar-refractivity contribution in [1.29, 1.82) is 0 Å². The van der Waals surface area contributed by atoms with Gasteiger partial charge in [0.05, 0.1) is 18.8 Å². The van der Waals surface area contributed by atoms with Crippen LogP contribution in [0.25, 0.3) is 0 Å². The Morgan fingerprint density at radius 2 is 1.86 bits per heavy atom. The van der Waals surface area contributed by atoms with Crippen molar-refractivity contribution in [2.45, 2.75) is 82.4 Å². The lowest BCUT2D eigenvalue weighted by Gasteiger charge is -2.44. The lowest BCUT2D eigenvalue weighted by atomic mass is 9.83. The molecule has 1 aliphatic heterocycles. The quantitative estimate of drug-likeness (QED) is 0.870. The summed E-state index contributed by atoms with van der Waals surface area (Å²) < 4.78 is 5.86. The van der Waals surface area contributed by atoms with Crippen LogP contribution < -0.4 is 5.73 Å². The molecule has 2 saturated carbocycles. The minimum absolute atomic E-state index is 0.309. The average Bonchev–Trinajstić information content (AvgIpc) is 2.53. The van der Waals surface area contributed by atoms with Gasteiger partial charge >= 0.3 is 0 Å². The van der Waals surface area contributed by atoms with Crippen molar-refractivity contribution in [1.82, 2.24) is 4.90 Å². The van der Waals surface area contributed by atoms with Crippen LogP contribution in [-0.2, 0) is 9.53 Å². The summed E-state index contributed by atoms with van der Waals surface area (Å²) in [6.07, 6.45) is 11.6. The van der Waals surface area contributed by atoms with E-state index >= 15 is 0 Å². The Labute approximate surface area is 128 Å². The van der Waals surface area contributed by atoms with Gasteiger partial charge in [-0.2, -0.15) is 0 Å². The third kappa shape index (κ3) is 3.78. The molecule has 0 aromatic carbocycles. The van der Waals surface area contributed by atoms with E-state index in [1.165, 1.54) is 25.7 Å². The molecule has 0 bridgehead atoms. The molecule has 1 saturated heterocycles. The van der Waals surface area contributed by atoms with Gasteiger partial charge in [0.2, 0.25) is 5.91 Å². The fraction of sp³-hybridized carbons (Fsp3) is 0.941. The van der Waals surface area contributed by atoms with Crippen molar-refractivity contribution >= 4 is 5.91 Å². The highest BCUT2D eigenvalue weighted by Gasteiger charge is 2.36. The lowest BCUT2D eigenvalue weighted by Crippen LogP contribution is -2.54. The molecule has 4 heteroatoms.